The van der Waals surface area contributed by atoms with E-state index in [0.717, 1.165) is 16.7 Å². The Morgan fingerprint density at radius 1 is 1.06 bits per heavy atom. The van der Waals surface area contributed by atoms with E-state index in [0.29, 0.717) is 21.3 Å². The van der Waals surface area contributed by atoms with E-state index in [2.05, 4.69) is 10.5 Å². The molecule has 164 valence electrons. The van der Waals surface area contributed by atoms with Crippen molar-refractivity contribution in [3.05, 3.63) is 62.8 Å². The van der Waals surface area contributed by atoms with Gasteiger partial charge in [-0.2, -0.15) is 0 Å². The number of rotatable bonds is 5. The number of sulfone groups is 1. The zero-order valence-corrected chi connectivity index (χ0v) is 20.0. The molecule has 6 nitrogen and oxygen atoms in total. The zero-order valence-electron chi connectivity index (χ0n) is 17.7. The fourth-order valence-electron chi connectivity index (χ4n) is 3.49. The molecule has 3 rings (SSSR count). The van der Waals surface area contributed by atoms with Crippen molar-refractivity contribution in [2.24, 2.45) is 0 Å². The number of carbonyl (C=O) groups excluding carboxylic acids is 1. The lowest BCUT2D eigenvalue weighted by molar-refractivity contribution is -0.114. The van der Waals surface area contributed by atoms with E-state index < -0.39 is 15.1 Å². The van der Waals surface area contributed by atoms with Crippen molar-refractivity contribution in [2.45, 2.75) is 44.8 Å². The molecule has 0 aliphatic carbocycles. The van der Waals surface area contributed by atoms with Crippen molar-refractivity contribution in [2.75, 3.05) is 5.32 Å². The number of nitrogens with zero attached hydrogens (tertiary/aromatic N) is 1. The first kappa shape index (κ1) is 23.3. The van der Waals surface area contributed by atoms with Gasteiger partial charge in [-0.05, 0) is 56.5 Å². The second kappa shape index (κ2) is 8.65. The molecule has 1 amide bonds. The van der Waals surface area contributed by atoms with Gasteiger partial charge in [0.2, 0.25) is 5.91 Å². The highest BCUT2D eigenvalue weighted by Gasteiger charge is 2.31. The van der Waals surface area contributed by atoms with E-state index in [9.17, 15) is 13.2 Å². The van der Waals surface area contributed by atoms with Crippen LogP contribution in [0.1, 0.15) is 41.5 Å². The van der Waals surface area contributed by atoms with E-state index in [4.69, 9.17) is 27.7 Å². The first-order chi connectivity index (χ1) is 14.5. The number of nitrogens with one attached hydrogen (secondary N) is 1. The first-order valence-corrected chi connectivity index (χ1v) is 11.8. The molecular formula is C22H22Cl2N2O4S. The SMILES string of the molecule is CC(=O)Nc1ccccc1S(=O)(=O)C(C)c1cc(-c2c(C)c(Cl)c(C)c(Cl)c2C)no1. The van der Waals surface area contributed by atoms with E-state index in [1.165, 1.54) is 26.0 Å². The number of hydrogen-bond acceptors (Lipinski definition) is 5. The van der Waals surface area contributed by atoms with Gasteiger partial charge in [0, 0.05) is 28.6 Å². The van der Waals surface area contributed by atoms with Crippen molar-refractivity contribution >= 4 is 44.6 Å². The highest BCUT2D eigenvalue weighted by atomic mass is 35.5. The smallest absolute Gasteiger partial charge is 0.221 e. The topological polar surface area (TPSA) is 89.3 Å². The highest BCUT2D eigenvalue weighted by molar-refractivity contribution is 7.91. The fraction of sp³-hybridized carbons (Fsp3) is 0.273. The van der Waals surface area contributed by atoms with Crippen molar-refractivity contribution in [1.82, 2.24) is 5.16 Å². The second-order valence-corrected chi connectivity index (χ2v) is 10.3. The van der Waals surface area contributed by atoms with Crippen LogP contribution in [-0.2, 0) is 14.6 Å². The van der Waals surface area contributed by atoms with Crippen LogP contribution < -0.4 is 5.32 Å². The summed E-state index contributed by atoms with van der Waals surface area (Å²) in [4.78, 5) is 11.5. The normalized spacial score (nSPS) is 12.6. The molecule has 2 aromatic carbocycles. The summed E-state index contributed by atoms with van der Waals surface area (Å²) in [6.45, 7) is 8.37. The van der Waals surface area contributed by atoms with Crippen LogP contribution in [0.15, 0.2) is 39.8 Å². The molecule has 0 saturated carbocycles. The summed E-state index contributed by atoms with van der Waals surface area (Å²) in [7, 11) is -3.88. The Kier molecular flexibility index (Phi) is 6.51. The molecule has 9 heteroatoms. The van der Waals surface area contributed by atoms with Gasteiger partial charge in [-0.3, -0.25) is 4.79 Å². The molecule has 0 aliphatic rings. The second-order valence-electron chi connectivity index (χ2n) is 7.36. The van der Waals surface area contributed by atoms with Gasteiger partial charge in [0.1, 0.15) is 10.9 Å². The van der Waals surface area contributed by atoms with Gasteiger partial charge in [0.05, 0.1) is 10.6 Å². The predicted octanol–water partition coefficient (Wildman–Crippen LogP) is 6.07. The third-order valence-corrected chi connectivity index (χ3v) is 8.49. The van der Waals surface area contributed by atoms with Gasteiger partial charge >= 0.3 is 0 Å². The number of aromatic nitrogens is 1. The number of para-hydroxylation sites is 1. The summed E-state index contributed by atoms with van der Waals surface area (Å²) in [6.07, 6.45) is 0. The predicted molar refractivity (Wildman–Crippen MR) is 123 cm³/mol. The Bertz CT molecular complexity index is 1250. The molecule has 1 heterocycles. The highest BCUT2D eigenvalue weighted by Crippen LogP contribution is 2.40. The lowest BCUT2D eigenvalue weighted by Crippen LogP contribution is -2.15. The molecule has 1 unspecified atom stereocenters. The molecule has 0 aliphatic heterocycles. The Morgan fingerprint density at radius 3 is 2.23 bits per heavy atom. The van der Waals surface area contributed by atoms with Crippen LogP contribution in [0.5, 0.6) is 0 Å². The van der Waals surface area contributed by atoms with Gasteiger partial charge in [0.25, 0.3) is 0 Å². The van der Waals surface area contributed by atoms with Gasteiger partial charge in [-0.1, -0.05) is 40.5 Å². The first-order valence-electron chi connectivity index (χ1n) is 9.49. The van der Waals surface area contributed by atoms with E-state index in [1.54, 1.807) is 18.2 Å². The van der Waals surface area contributed by atoms with Crippen LogP contribution in [0, 0.1) is 20.8 Å². The van der Waals surface area contributed by atoms with E-state index in [1.807, 2.05) is 20.8 Å². The molecule has 0 spiro atoms. The summed E-state index contributed by atoms with van der Waals surface area (Å²) >= 11 is 12.8. The molecule has 0 saturated heterocycles. The Labute approximate surface area is 191 Å². The van der Waals surface area contributed by atoms with Gasteiger partial charge < -0.3 is 9.84 Å². The Morgan fingerprint density at radius 2 is 1.65 bits per heavy atom. The third-order valence-electron chi connectivity index (χ3n) is 5.22. The lowest BCUT2D eigenvalue weighted by Gasteiger charge is -2.14. The van der Waals surface area contributed by atoms with Crippen LogP contribution in [0.2, 0.25) is 10.0 Å². The summed E-state index contributed by atoms with van der Waals surface area (Å²) in [6, 6.07) is 7.82. The van der Waals surface area contributed by atoms with Crippen molar-refractivity contribution in [1.29, 1.82) is 0 Å². The maximum Gasteiger partial charge on any atom is 0.221 e. The minimum absolute atomic E-state index is 0.00411. The minimum Gasteiger partial charge on any atom is -0.359 e. The molecule has 31 heavy (non-hydrogen) atoms. The molecule has 3 aromatic rings. The van der Waals surface area contributed by atoms with Gasteiger partial charge in [-0.15, -0.1) is 0 Å². The van der Waals surface area contributed by atoms with Crippen molar-refractivity contribution < 1.29 is 17.7 Å². The molecular weight excluding hydrogens is 459 g/mol. The average molecular weight is 481 g/mol. The maximum atomic E-state index is 13.3. The molecule has 0 bridgehead atoms. The summed E-state index contributed by atoms with van der Waals surface area (Å²) < 4.78 is 32.0. The van der Waals surface area contributed by atoms with Crippen molar-refractivity contribution in [3.8, 4) is 11.3 Å². The molecule has 1 N–H and O–H groups in total. The quantitative estimate of drug-likeness (QED) is 0.478. The van der Waals surface area contributed by atoms with Crippen LogP contribution in [0.25, 0.3) is 11.3 Å². The number of amides is 1. The monoisotopic (exact) mass is 480 g/mol. The Balaban J connectivity index is 2.06. The van der Waals surface area contributed by atoms with Crippen LogP contribution in [0.3, 0.4) is 0 Å². The van der Waals surface area contributed by atoms with Crippen molar-refractivity contribution in [3.63, 3.8) is 0 Å². The number of halogens is 2. The molecule has 0 radical (unpaired) electrons. The van der Waals surface area contributed by atoms with E-state index >= 15 is 0 Å². The molecule has 0 fully saturated rings. The lowest BCUT2D eigenvalue weighted by atomic mass is 9.97. The number of carbonyl (C=O) groups is 1. The Hall–Kier alpha value is -2.35. The summed E-state index contributed by atoms with van der Waals surface area (Å²) in [5, 5.41) is 6.66. The summed E-state index contributed by atoms with van der Waals surface area (Å²) in [5.74, 6) is -0.199. The van der Waals surface area contributed by atoms with Crippen LogP contribution >= 0.6 is 23.2 Å². The van der Waals surface area contributed by atoms with Gasteiger partial charge in [0.15, 0.2) is 15.6 Å². The average Bonchev–Trinajstić information content (AvgIpc) is 3.19. The van der Waals surface area contributed by atoms with Crippen LogP contribution in [0.4, 0.5) is 5.69 Å². The standard InChI is InChI=1S/C22H22Cl2N2O4S/c1-11-20(12(2)22(24)13(3)21(11)23)17-10-18(30-26-17)14(4)31(28,29)19-9-7-6-8-16(19)25-15(5)27/h6-10,14H,1-5H3,(H,25,27). The molecule has 1 aromatic heterocycles. The number of hydrogen-bond donors (Lipinski definition) is 1. The zero-order chi connectivity index (χ0) is 23.1. The van der Waals surface area contributed by atoms with Gasteiger partial charge in [-0.25, -0.2) is 8.42 Å². The minimum atomic E-state index is -3.88. The summed E-state index contributed by atoms with van der Waals surface area (Å²) in [5.41, 5.74) is 3.71. The van der Waals surface area contributed by atoms with Crippen LogP contribution in [-0.4, -0.2) is 19.5 Å². The largest absolute Gasteiger partial charge is 0.359 e. The number of anilines is 1. The maximum absolute atomic E-state index is 13.3. The number of benzene rings is 2. The van der Waals surface area contributed by atoms with E-state index in [-0.39, 0.29) is 22.3 Å². The third kappa shape index (κ3) is 4.22. The molecule has 1 atom stereocenters. The fourth-order valence-corrected chi connectivity index (χ4v) is 5.41.